The molecular formula is C11H18N2O2. The van der Waals surface area contributed by atoms with E-state index in [9.17, 15) is 4.79 Å². The van der Waals surface area contributed by atoms with Crippen LogP contribution >= 0.6 is 0 Å². The molecule has 0 aliphatic carbocycles. The van der Waals surface area contributed by atoms with E-state index in [1.807, 2.05) is 9.80 Å². The number of carbonyl (C=O) groups excluding carboxylic acids is 1. The number of piperidine rings is 1. The van der Waals surface area contributed by atoms with Crippen molar-refractivity contribution in [1.29, 1.82) is 0 Å². The number of fused-ring (bicyclic) bond motifs is 2. The predicted octanol–water partition coefficient (Wildman–Crippen LogP) is 0.921. The number of hydrogen-bond donors (Lipinski definition) is 0. The summed E-state index contributed by atoms with van der Waals surface area (Å²) in [6.45, 7) is 5.70. The van der Waals surface area contributed by atoms with Crippen molar-refractivity contribution >= 4 is 6.03 Å². The number of amides is 2. The van der Waals surface area contributed by atoms with Crippen LogP contribution in [0.25, 0.3) is 0 Å². The molecule has 4 rings (SSSR count). The highest BCUT2D eigenvalue weighted by Crippen LogP contribution is 2.29. The van der Waals surface area contributed by atoms with Gasteiger partial charge in [-0.3, -0.25) is 0 Å². The molecule has 4 heteroatoms. The quantitative estimate of drug-likeness (QED) is 0.595. The van der Waals surface area contributed by atoms with E-state index < -0.39 is 0 Å². The highest BCUT2D eigenvalue weighted by molar-refractivity contribution is 5.75. The summed E-state index contributed by atoms with van der Waals surface area (Å²) in [6.07, 6.45) is 2.96. The molecule has 0 aromatic carbocycles. The number of morpholine rings is 1. The summed E-state index contributed by atoms with van der Waals surface area (Å²) >= 11 is 0. The van der Waals surface area contributed by atoms with Gasteiger partial charge in [-0.25, -0.2) is 4.79 Å². The van der Waals surface area contributed by atoms with Gasteiger partial charge in [0, 0.05) is 32.6 Å². The lowest BCUT2D eigenvalue weighted by atomic mass is 9.99. The van der Waals surface area contributed by atoms with Gasteiger partial charge in [-0.05, 0) is 12.3 Å². The zero-order valence-corrected chi connectivity index (χ0v) is 9.19. The number of nitrogens with zero attached hydrogens (tertiary/aromatic N) is 2. The van der Waals surface area contributed by atoms with Crippen LogP contribution in [0, 0.1) is 5.92 Å². The summed E-state index contributed by atoms with van der Waals surface area (Å²) in [7, 11) is 0. The summed E-state index contributed by atoms with van der Waals surface area (Å²) in [6, 6.07) is 0.234. The van der Waals surface area contributed by atoms with Crippen molar-refractivity contribution in [3.05, 3.63) is 0 Å². The van der Waals surface area contributed by atoms with Gasteiger partial charge in [0.15, 0.2) is 0 Å². The zero-order chi connectivity index (χ0) is 10.4. The maximum Gasteiger partial charge on any atom is 0.320 e. The van der Waals surface area contributed by atoms with E-state index >= 15 is 0 Å². The molecule has 4 saturated heterocycles. The Balaban J connectivity index is 1.60. The van der Waals surface area contributed by atoms with Crippen LogP contribution in [-0.4, -0.2) is 54.2 Å². The van der Waals surface area contributed by atoms with Crippen LogP contribution in [0.5, 0.6) is 0 Å². The number of urea groups is 1. The highest BCUT2D eigenvalue weighted by atomic mass is 16.5. The third kappa shape index (κ3) is 1.61. The van der Waals surface area contributed by atoms with Gasteiger partial charge in [0.05, 0.1) is 12.2 Å². The molecule has 0 radical (unpaired) electrons. The Morgan fingerprint density at radius 2 is 1.87 bits per heavy atom. The maximum atomic E-state index is 12.1. The molecule has 0 N–H and O–H groups in total. The Labute approximate surface area is 90.2 Å². The highest BCUT2D eigenvalue weighted by Gasteiger charge is 2.41. The third-order valence-electron chi connectivity index (χ3n) is 3.72. The smallest absolute Gasteiger partial charge is 0.320 e. The second kappa shape index (κ2) is 3.37. The van der Waals surface area contributed by atoms with E-state index in [-0.39, 0.29) is 6.03 Å². The Bertz CT molecular complexity index is 266. The Hall–Kier alpha value is -0.770. The molecule has 84 valence electrons. The fourth-order valence-corrected chi connectivity index (χ4v) is 2.82. The standard InChI is InChI=1S/C11H18N2O2/c1-8-2-3-12(5-8)11(14)13-6-9-4-10(7-13)15-9/h8-10H,2-7H2,1H3. The molecule has 4 fully saturated rings. The second-order valence-electron chi connectivity index (χ2n) is 5.14. The van der Waals surface area contributed by atoms with Crippen molar-refractivity contribution in [2.75, 3.05) is 26.2 Å². The first-order valence-corrected chi connectivity index (χ1v) is 5.91. The predicted molar refractivity (Wildman–Crippen MR) is 55.6 cm³/mol. The summed E-state index contributed by atoms with van der Waals surface area (Å²) in [5.41, 5.74) is 0. The lowest BCUT2D eigenvalue weighted by Gasteiger charge is -2.47. The van der Waals surface area contributed by atoms with Crippen molar-refractivity contribution in [2.45, 2.75) is 32.0 Å². The number of likely N-dealkylation sites (tertiary alicyclic amines) is 1. The number of rotatable bonds is 0. The van der Waals surface area contributed by atoms with Gasteiger partial charge in [0.1, 0.15) is 0 Å². The van der Waals surface area contributed by atoms with Crippen molar-refractivity contribution < 1.29 is 9.53 Å². The molecule has 4 nitrogen and oxygen atoms in total. The minimum atomic E-state index is 0.234. The van der Waals surface area contributed by atoms with Crippen LogP contribution < -0.4 is 0 Å². The van der Waals surface area contributed by atoms with E-state index in [1.165, 1.54) is 0 Å². The lowest BCUT2D eigenvalue weighted by molar-refractivity contribution is -0.171. The molecule has 0 spiro atoms. The van der Waals surface area contributed by atoms with E-state index in [1.54, 1.807) is 0 Å². The molecule has 3 unspecified atom stereocenters. The van der Waals surface area contributed by atoms with Gasteiger partial charge >= 0.3 is 6.03 Å². The lowest BCUT2D eigenvalue weighted by Crippen LogP contribution is -2.60. The monoisotopic (exact) mass is 210 g/mol. The average Bonchev–Trinajstić information content (AvgIpc) is 2.63. The topological polar surface area (TPSA) is 32.8 Å². The molecule has 2 amide bonds. The van der Waals surface area contributed by atoms with E-state index in [4.69, 9.17) is 4.74 Å². The van der Waals surface area contributed by atoms with Crippen LogP contribution in [-0.2, 0) is 4.74 Å². The first kappa shape index (κ1) is 9.46. The van der Waals surface area contributed by atoms with Crippen molar-refractivity contribution in [1.82, 2.24) is 9.80 Å². The molecule has 0 saturated carbocycles. The van der Waals surface area contributed by atoms with Gasteiger partial charge in [-0.15, -0.1) is 0 Å². The third-order valence-corrected chi connectivity index (χ3v) is 3.72. The fourth-order valence-electron chi connectivity index (χ4n) is 2.82. The van der Waals surface area contributed by atoms with Crippen molar-refractivity contribution in [3.63, 3.8) is 0 Å². The Kier molecular flexibility index (Phi) is 2.12. The van der Waals surface area contributed by atoms with Gasteiger partial charge in [-0.2, -0.15) is 0 Å². The second-order valence-corrected chi connectivity index (χ2v) is 5.14. The summed E-state index contributed by atoms with van der Waals surface area (Å²) in [5.74, 6) is 0.671. The van der Waals surface area contributed by atoms with Gasteiger partial charge < -0.3 is 14.5 Å². The van der Waals surface area contributed by atoms with Crippen LogP contribution in [0.4, 0.5) is 4.79 Å². The molecule has 4 aliphatic rings. The molecule has 4 heterocycles. The number of ether oxygens (including phenoxy) is 1. The van der Waals surface area contributed by atoms with Crippen LogP contribution in [0.2, 0.25) is 0 Å². The van der Waals surface area contributed by atoms with E-state index in [2.05, 4.69) is 6.92 Å². The van der Waals surface area contributed by atoms with Crippen molar-refractivity contribution in [3.8, 4) is 0 Å². The first-order valence-electron chi connectivity index (χ1n) is 5.91. The average molecular weight is 210 g/mol. The zero-order valence-electron chi connectivity index (χ0n) is 9.19. The summed E-state index contributed by atoms with van der Waals surface area (Å²) in [5, 5.41) is 0. The summed E-state index contributed by atoms with van der Waals surface area (Å²) < 4.78 is 5.53. The first-order chi connectivity index (χ1) is 7.22. The van der Waals surface area contributed by atoms with Gasteiger partial charge in [-0.1, -0.05) is 6.92 Å². The number of carbonyl (C=O) groups is 1. The number of hydrogen-bond acceptors (Lipinski definition) is 2. The van der Waals surface area contributed by atoms with Crippen molar-refractivity contribution in [2.24, 2.45) is 5.92 Å². The largest absolute Gasteiger partial charge is 0.371 e. The minimum absolute atomic E-state index is 0.234. The van der Waals surface area contributed by atoms with E-state index in [0.717, 1.165) is 39.0 Å². The SMILES string of the molecule is CC1CCN(C(=O)N2CC3CC(C2)O3)C1. The van der Waals surface area contributed by atoms with Gasteiger partial charge in [0.2, 0.25) is 0 Å². The Morgan fingerprint density at radius 3 is 2.40 bits per heavy atom. The molecule has 0 aromatic heterocycles. The summed E-state index contributed by atoms with van der Waals surface area (Å²) in [4.78, 5) is 16.1. The van der Waals surface area contributed by atoms with E-state index in [0.29, 0.717) is 18.1 Å². The molecule has 15 heavy (non-hydrogen) atoms. The Morgan fingerprint density at radius 1 is 1.20 bits per heavy atom. The molecular weight excluding hydrogens is 192 g/mol. The molecule has 0 aromatic rings. The molecule has 2 bridgehead atoms. The minimum Gasteiger partial charge on any atom is -0.371 e. The fraction of sp³-hybridized carbons (Fsp3) is 0.909. The normalized spacial score (nSPS) is 39.1. The van der Waals surface area contributed by atoms with Crippen LogP contribution in [0.1, 0.15) is 19.8 Å². The van der Waals surface area contributed by atoms with Gasteiger partial charge in [0.25, 0.3) is 0 Å². The molecule has 4 aliphatic heterocycles. The maximum absolute atomic E-state index is 12.1. The van der Waals surface area contributed by atoms with Crippen LogP contribution in [0.3, 0.4) is 0 Å². The van der Waals surface area contributed by atoms with Crippen LogP contribution in [0.15, 0.2) is 0 Å². The molecule has 3 atom stereocenters.